The lowest BCUT2D eigenvalue weighted by Crippen LogP contribution is -2.48. The van der Waals surface area contributed by atoms with Crippen LogP contribution in [0.15, 0.2) is 48.5 Å². The number of nitrogens with one attached hydrogen (secondary N) is 1. The van der Waals surface area contributed by atoms with Crippen LogP contribution in [0.4, 0.5) is 4.39 Å². The average molecular weight is 400 g/mol. The standard InChI is InChI=1S/C23H30FN3O2/c1-26-13-15-27(16-14-26)22(19-6-10-21(29-2)11-7-19)17-25-23(28)12-5-18-3-8-20(24)9-4-18/h3-4,6-11,22H,5,12-17H2,1-2H3,(H,25,28). The molecule has 1 fully saturated rings. The molecule has 0 spiro atoms. The second kappa shape index (κ2) is 10.4. The third kappa shape index (κ3) is 6.27. The minimum absolute atomic E-state index is 0.0157. The van der Waals surface area contributed by atoms with E-state index in [1.165, 1.54) is 17.7 Å². The molecular weight excluding hydrogens is 369 g/mol. The Bertz CT molecular complexity index is 772. The van der Waals surface area contributed by atoms with Gasteiger partial charge in [0.1, 0.15) is 11.6 Å². The van der Waals surface area contributed by atoms with Crippen LogP contribution in [0.3, 0.4) is 0 Å². The van der Waals surface area contributed by atoms with Gasteiger partial charge in [0.2, 0.25) is 5.91 Å². The second-order valence-electron chi connectivity index (χ2n) is 7.56. The lowest BCUT2D eigenvalue weighted by atomic mass is 10.0. The van der Waals surface area contributed by atoms with Crippen LogP contribution in [0.25, 0.3) is 0 Å². The highest BCUT2D eigenvalue weighted by molar-refractivity contribution is 5.76. The maximum atomic E-state index is 13.0. The van der Waals surface area contributed by atoms with Crippen molar-refractivity contribution in [2.75, 3.05) is 46.9 Å². The largest absolute Gasteiger partial charge is 0.497 e. The van der Waals surface area contributed by atoms with E-state index in [1.807, 2.05) is 12.1 Å². The Kier molecular flexibility index (Phi) is 7.61. The predicted octanol–water partition coefficient (Wildman–Crippen LogP) is 2.87. The highest BCUT2D eigenvalue weighted by Crippen LogP contribution is 2.24. The zero-order valence-corrected chi connectivity index (χ0v) is 17.2. The van der Waals surface area contributed by atoms with Gasteiger partial charge < -0.3 is 15.0 Å². The summed E-state index contributed by atoms with van der Waals surface area (Å²) in [5.74, 6) is 0.587. The zero-order chi connectivity index (χ0) is 20.6. The summed E-state index contributed by atoms with van der Waals surface area (Å²) in [5, 5.41) is 3.10. The van der Waals surface area contributed by atoms with Crippen LogP contribution in [-0.4, -0.2) is 62.6 Å². The maximum Gasteiger partial charge on any atom is 0.220 e. The number of carbonyl (C=O) groups is 1. The molecule has 1 amide bonds. The molecule has 0 aromatic heterocycles. The Labute approximate surface area is 172 Å². The van der Waals surface area contributed by atoms with E-state index < -0.39 is 0 Å². The van der Waals surface area contributed by atoms with Crippen molar-refractivity contribution in [3.05, 3.63) is 65.5 Å². The molecule has 29 heavy (non-hydrogen) atoms. The van der Waals surface area contributed by atoms with Gasteiger partial charge in [-0.3, -0.25) is 9.69 Å². The number of likely N-dealkylation sites (N-methyl/N-ethyl adjacent to an activating group) is 1. The SMILES string of the molecule is COc1ccc(C(CNC(=O)CCc2ccc(F)cc2)N2CCN(C)CC2)cc1. The molecule has 1 aliphatic rings. The Morgan fingerprint density at radius 2 is 1.72 bits per heavy atom. The summed E-state index contributed by atoms with van der Waals surface area (Å²) >= 11 is 0. The van der Waals surface area contributed by atoms with Crippen LogP contribution in [0, 0.1) is 5.82 Å². The van der Waals surface area contributed by atoms with E-state index in [0.29, 0.717) is 19.4 Å². The minimum Gasteiger partial charge on any atom is -0.497 e. The molecule has 3 rings (SSSR count). The fraction of sp³-hybridized carbons (Fsp3) is 0.435. The fourth-order valence-corrected chi connectivity index (χ4v) is 3.63. The first-order valence-electron chi connectivity index (χ1n) is 10.1. The summed E-state index contributed by atoms with van der Waals surface area (Å²) in [6.45, 7) is 4.55. The zero-order valence-electron chi connectivity index (χ0n) is 17.2. The average Bonchev–Trinajstić information content (AvgIpc) is 2.75. The predicted molar refractivity (Wildman–Crippen MR) is 113 cm³/mol. The van der Waals surface area contributed by atoms with E-state index in [4.69, 9.17) is 4.74 Å². The fourth-order valence-electron chi connectivity index (χ4n) is 3.63. The van der Waals surface area contributed by atoms with E-state index in [-0.39, 0.29) is 17.8 Å². The molecule has 156 valence electrons. The molecule has 0 saturated carbocycles. The number of amides is 1. The Morgan fingerprint density at radius 1 is 1.07 bits per heavy atom. The topological polar surface area (TPSA) is 44.8 Å². The van der Waals surface area contributed by atoms with E-state index in [0.717, 1.165) is 37.5 Å². The number of ether oxygens (including phenoxy) is 1. The molecule has 0 aliphatic carbocycles. The van der Waals surface area contributed by atoms with Gasteiger partial charge in [-0.25, -0.2) is 4.39 Å². The van der Waals surface area contributed by atoms with Gasteiger partial charge >= 0.3 is 0 Å². The van der Waals surface area contributed by atoms with E-state index >= 15 is 0 Å². The second-order valence-corrected chi connectivity index (χ2v) is 7.56. The number of carbonyl (C=O) groups excluding carboxylic acids is 1. The van der Waals surface area contributed by atoms with Crippen LogP contribution in [-0.2, 0) is 11.2 Å². The Morgan fingerprint density at radius 3 is 2.34 bits per heavy atom. The first-order valence-corrected chi connectivity index (χ1v) is 10.1. The van der Waals surface area contributed by atoms with E-state index in [9.17, 15) is 9.18 Å². The lowest BCUT2D eigenvalue weighted by molar-refractivity contribution is -0.121. The van der Waals surface area contributed by atoms with Gasteiger partial charge in [-0.15, -0.1) is 0 Å². The summed E-state index contributed by atoms with van der Waals surface area (Å²) in [5.41, 5.74) is 2.14. The van der Waals surface area contributed by atoms with E-state index in [2.05, 4.69) is 34.3 Å². The van der Waals surface area contributed by atoms with Crippen molar-refractivity contribution < 1.29 is 13.9 Å². The van der Waals surface area contributed by atoms with Crippen molar-refractivity contribution in [3.63, 3.8) is 0 Å². The molecule has 1 N–H and O–H groups in total. The van der Waals surface area contributed by atoms with Crippen molar-refractivity contribution in [2.24, 2.45) is 0 Å². The lowest BCUT2D eigenvalue weighted by Gasteiger charge is -2.38. The van der Waals surface area contributed by atoms with Gasteiger partial charge in [-0.05, 0) is 48.9 Å². The van der Waals surface area contributed by atoms with Crippen molar-refractivity contribution in [1.29, 1.82) is 0 Å². The van der Waals surface area contributed by atoms with Crippen molar-refractivity contribution >= 4 is 5.91 Å². The summed E-state index contributed by atoms with van der Waals surface area (Å²) in [6, 6.07) is 14.5. The summed E-state index contributed by atoms with van der Waals surface area (Å²) < 4.78 is 18.3. The first kappa shape index (κ1) is 21.3. The Balaban J connectivity index is 1.59. The molecule has 1 heterocycles. The van der Waals surface area contributed by atoms with Gasteiger partial charge in [0.05, 0.1) is 13.2 Å². The Hall–Kier alpha value is -2.44. The summed E-state index contributed by atoms with van der Waals surface area (Å²) in [4.78, 5) is 17.2. The smallest absolute Gasteiger partial charge is 0.220 e. The maximum absolute atomic E-state index is 13.0. The monoisotopic (exact) mass is 399 g/mol. The molecule has 1 saturated heterocycles. The minimum atomic E-state index is -0.257. The normalized spacial score (nSPS) is 16.4. The molecule has 2 aromatic carbocycles. The van der Waals surface area contributed by atoms with Gasteiger partial charge in [0.25, 0.3) is 0 Å². The van der Waals surface area contributed by atoms with Crippen molar-refractivity contribution in [1.82, 2.24) is 15.1 Å². The van der Waals surface area contributed by atoms with Gasteiger partial charge in [-0.1, -0.05) is 24.3 Å². The highest BCUT2D eigenvalue weighted by Gasteiger charge is 2.24. The molecule has 1 atom stereocenters. The number of hydrogen-bond acceptors (Lipinski definition) is 4. The molecule has 0 radical (unpaired) electrons. The molecule has 2 aromatic rings. The molecule has 0 bridgehead atoms. The number of methoxy groups -OCH3 is 1. The van der Waals surface area contributed by atoms with Crippen LogP contribution < -0.4 is 10.1 Å². The molecule has 5 nitrogen and oxygen atoms in total. The number of piperazine rings is 1. The number of benzene rings is 2. The van der Waals surface area contributed by atoms with Gasteiger partial charge in [0, 0.05) is 39.1 Å². The quantitative estimate of drug-likeness (QED) is 0.741. The van der Waals surface area contributed by atoms with Crippen LogP contribution in [0.1, 0.15) is 23.6 Å². The number of aryl methyl sites for hydroxylation is 1. The third-order valence-electron chi connectivity index (χ3n) is 5.53. The van der Waals surface area contributed by atoms with Crippen LogP contribution in [0.2, 0.25) is 0 Å². The van der Waals surface area contributed by atoms with Crippen molar-refractivity contribution in [3.8, 4) is 5.75 Å². The highest BCUT2D eigenvalue weighted by atomic mass is 19.1. The van der Waals surface area contributed by atoms with E-state index in [1.54, 1.807) is 19.2 Å². The number of halogens is 1. The van der Waals surface area contributed by atoms with Crippen molar-refractivity contribution in [2.45, 2.75) is 18.9 Å². The summed E-state index contributed by atoms with van der Waals surface area (Å²) in [6.07, 6.45) is 0.998. The number of nitrogens with zero attached hydrogens (tertiary/aromatic N) is 2. The third-order valence-corrected chi connectivity index (χ3v) is 5.53. The van der Waals surface area contributed by atoms with Gasteiger partial charge in [-0.2, -0.15) is 0 Å². The molecular formula is C23H30FN3O2. The van der Waals surface area contributed by atoms with Crippen LogP contribution in [0.5, 0.6) is 5.75 Å². The molecule has 6 heteroatoms. The summed E-state index contributed by atoms with van der Waals surface area (Å²) in [7, 11) is 3.80. The van der Waals surface area contributed by atoms with Gasteiger partial charge in [0.15, 0.2) is 0 Å². The number of rotatable bonds is 8. The molecule has 1 unspecified atom stereocenters. The number of hydrogen-bond donors (Lipinski definition) is 1. The first-order chi connectivity index (χ1) is 14.0. The van der Waals surface area contributed by atoms with Crippen LogP contribution >= 0.6 is 0 Å². The molecule has 1 aliphatic heterocycles.